The van der Waals surface area contributed by atoms with E-state index in [0.29, 0.717) is 0 Å². The van der Waals surface area contributed by atoms with E-state index in [1.54, 1.807) is 4.57 Å². The maximum Gasteiger partial charge on any atom is 0.419 e. The first kappa shape index (κ1) is 14.6. The molecule has 1 heterocycles. The Balaban J connectivity index is 2.59. The third kappa shape index (κ3) is 2.87. The maximum absolute atomic E-state index is 12.5. The van der Waals surface area contributed by atoms with Gasteiger partial charge in [0.05, 0.1) is 5.52 Å². The maximum atomic E-state index is 12.5. The molecule has 1 aromatic carbocycles. The van der Waals surface area contributed by atoms with Crippen molar-refractivity contribution in [3.63, 3.8) is 0 Å². The molecular weight excluding hydrogens is 250 g/mol. The Morgan fingerprint density at radius 2 is 2.00 bits per heavy atom. The Labute approximate surface area is 120 Å². The summed E-state index contributed by atoms with van der Waals surface area (Å²) in [5.41, 5.74) is 2.59. The van der Waals surface area contributed by atoms with Crippen molar-refractivity contribution in [2.24, 2.45) is 0 Å². The second-order valence-corrected chi connectivity index (χ2v) is 6.21. The largest absolute Gasteiger partial charge is 0.443 e. The van der Waals surface area contributed by atoms with E-state index in [-0.39, 0.29) is 6.09 Å². The Morgan fingerprint density at radius 1 is 1.30 bits per heavy atom. The summed E-state index contributed by atoms with van der Waals surface area (Å²) >= 11 is 0. The zero-order valence-corrected chi connectivity index (χ0v) is 13.0. The standard InChI is InChI=1S/C17H23NO2/c1-6-8-14-11-13-10-7-9-12(2)15(13)18(14)16(19)20-17(3,4)5/h7,9-11H,6,8H2,1-5H3. The van der Waals surface area contributed by atoms with Crippen LogP contribution in [-0.4, -0.2) is 16.3 Å². The van der Waals surface area contributed by atoms with Crippen LogP contribution < -0.4 is 0 Å². The lowest BCUT2D eigenvalue weighted by molar-refractivity contribution is 0.0540. The predicted octanol–water partition coefficient (Wildman–Crippen LogP) is 4.69. The molecule has 0 amide bonds. The molecule has 3 heteroatoms. The Bertz CT molecular complexity index is 632. The number of hydrogen-bond donors (Lipinski definition) is 0. The van der Waals surface area contributed by atoms with Crippen LogP contribution >= 0.6 is 0 Å². The van der Waals surface area contributed by atoms with Gasteiger partial charge in [0.25, 0.3) is 0 Å². The van der Waals surface area contributed by atoms with Crippen molar-refractivity contribution in [2.45, 2.75) is 53.1 Å². The smallest absolute Gasteiger partial charge is 0.419 e. The van der Waals surface area contributed by atoms with E-state index in [1.165, 1.54) is 0 Å². The van der Waals surface area contributed by atoms with Crippen LogP contribution in [0.2, 0.25) is 0 Å². The molecule has 0 bridgehead atoms. The first-order valence-corrected chi connectivity index (χ1v) is 7.17. The van der Waals surface area contributed by atoms with Gasteiger partial charge in [-0.1, -0.05) is 31.5 Å². The molecule has 0 aliphatic carbocycles. The minimum Gasteiger partial charge on any atom is -0.443 e. The molecule has 1 aromatic heterocycles. The molecule has 0 aliphatic rings. The molecule has 108 valence electrons. The lowest BCUT2D eigenvalue weighted by Gasteiger charge is -2.21. The monoisotopic (exact) mass is 273 g/mol. The van der Waals surface area contributed by atoms with Gasteiger partial charge in [-0.3, -0.25) is 0 Å². The SMILES string of the molecule is CCCc1cc2cccc(C)c2n1C(=O)OC(C)(C)C. The lowest BCUT2D eigenvalue weighted by Crippen LogP contribution is -2.28. The highest BCUT2D eigenvalue weighted by Crippen LogP contribution is 2.25. The molecule has 0 saturated carbocycles. The molecule has 0 N–H and O–H groups in total. The molecule has 0 aliphatic heterocycles. The van der Waals surface area contributed by atoms with Gasteiger partial charge in [-0.15, -0.1) is 0 Å². The fourth-order valence-corrected chi connectivity index (χ4v) is 2.45. The molecule has 3 nitrogen and oxygen atoms in total. The van der Waals surface area contributed by atoms with Crippen molar-refractivity contribution < 1.29 is 9.53 Å². The molecule has 0 atom stereocenters. The van der Waals surface area contributed by atoms with Gasteiger partial charge in [-0.2, -0.15) is 0 Å². The number of carbonyl (C=O) groups excluding carboxylic acids is 1. The summed E-state index contributed by atoms with van der Waals surface area (Å²) in [4.78, 5) is 12.5. The fourth-order valence-electron chi connectivity index (χ4n) is 2.45. The van der Waals surface area contributed by atoms with Crippen LogP contribution in [0.3, 0.4) is 0 Å². The number of ether oxygens (including phenoxy) is 1. The average Bonchev–Trinajstić information content (AvgIpc) is 2.67. The Morgan fingerprint density at radius 3 is 2.60 bits per heavy atom. The van der Waals surface area contributed by atoms with Gasteiger partial charge in [-0.05, 0) is 45.7 Å². The van der Waals surface area contributed by atoms with Crippen molar-refractivity contribution in [2.75, 3.05) is 0 Å². The van der Waals surface area contributed by atoms with Crippen molar-refractivity contribution in [1.82, 2.24) is 4.57 Å². The van der Waals surface area contributed by atoms with E-state index < -0.39 is 5.60 Å². The number of para-hydroxylation sites is 1. The number of rotatable bonds is 2. The summed E-state index contributed by atoms with van der Waals surface area (Å²) < 4.78 is 7.29. The van der Waals surface area contributed by atoms with Crippen molar-refractivity contribution in [3.8, 4) is 0 Å². The summed E-state index contributed by atoms with van der Waals surface area (Å²) in [7, 11) is 0. The van der Waals surface area contributed by atoms with E-state index in [1.807, 2.05) is 45.9 Å². The third-order valence-corrected chi connectivity index (χ3v) is 3.18. The number of hydrogen-bond acceptors (Lipinski definition) is 2. The summed E-state index contributed by atoms with van der Waals surface area (Å²) in [6, 6.07) is 8.18. The van der Waals surface area contributed by atoms with Crippen LogP contribution in [0.25, 0.3) is 10.9 Å². The molecule has 20 heavy (non-hydrogen) atoms. The minimum atomic E-state index is -0.486. The first-order chi connectivity index (χ1) is 9.33. The van der Waals surface area contributed by atoms with E-state index in [4.69, 9.17) is 4.74 Å². The van der Waals surface area contributed by atoms with Crippen LogP contribution in [0.1, 0.15) is 45.4 Å². The van der Waals surface area contributed by atoms with Gasteiger partial charge in [-0.25, -0.2) is 9.36 Å². The van der Waals surface area contributed by atoms with Crippen LogP contribution in [0.15, 0.2) is 24.3 Å². The van der Waals surface area contributed by atoms with Gasteiger partial charge in [0.1, 0.15) is 5.60 Å². The molecule has 0 unspecified atom stereocenters. The number of benzene rings is 1. The van der Waals surface area contributed by atoms with E-state index in [2.05, 4.69) is 13.0 Å². The van der Waals surface area contributed by atoms with Crippen LogP contribution in [0, 0.1) is 6.92 Å². The fraction of sp³-hybridized carbons (Fsp3) is 0.471. The topological polar surface area (TPSA) is 31.2 Å². The number of nitrogens with zero attached hydrogens (tertiary/aromatic N) is 1. The summed E-state index contributed by atoms with van der Waals surface area (Å²) in [6.07, 6.45) is 1.58. The Hall–Kier alpha value is -1.77. The van der Waals surface area contributed by atoms with Crippen LogP contribution in [0.4, 0.5) is 4.79 Å². The van der Waals surface area contributed by atoms with Crippen LogP contribution in [0.5, 0.6) is 0 Å². The first-order valence-electron chi connectivity index (χ1n) is 7.17. The predicted molar refractivity (Wildman–Crippen MR) is 82.3 cm³/mol. The second kappa shape index (κ2) is 5.31. The molecule has 0 spiro atoms. The van der Waals surface area contributed by atoms with Gasteiger partial charge in [0, 0.05) is 11.1 Å². The quantitative estimate of drug-likeness (QED) is 0.795. The molecule has 2 aromatic rings. The van der Waals surface area contributed by atoms with E-state index >= 15 is 0 Å². The zero-order chi connectivity index (χ0) is 14.9. The van der Waals surface area contributed by atoms with E-state index in [0.717, 1.165) is 35.0 Å². The highest BCUT2D eigenvalue weighted by atomic mass is 16.6. The molecule has 0 radical (unpaired) electrons. The van der Waals surface area contributed by atoms with E-state index in [9.17, 15) is 4.79 Å². The third-order valence-electron chi connectivity index (χ3n) is 3.18. The Kier molecular flexibility index (Phi) is 3.89. The molecule has 2 rings (SSSR count). The van der Waals surface area contributed by atoms with Gasteiger partial charge in [0.2, 0.25) is 0 Å². The van der Waals surface area contributed by atoms with Crippen molar-refractivity contribution in [1.29, 1.82) is 0 Å². The molecule has 0 fully saturated rings. The summed E-state index contributed by atoms with van der Waals surface area (Å²) in [6.45, 7) is 9.82. The molecular formula is C17H23NO2. The average molecular weight is 273 g/mol. The van der Waals surface area contributed by atoms with Crippen molar-refractivity contribution in [3.05, 3.63) is 35.5 Å². The minimum absolute atomic E-state index is 0.287. The zero-order valence-electron chi connectivity index (χ0n) is 13.0. The number of aryl methyl sites for hydroxylation is 2. The van der Waals surface area contributed by atoms with Gasteiger partial charge >= 0.3 is 6.09 Å². The summed E-state index contributed by atoms with van der Waals surface area (Å²) in [5, 5.41) is 1.10. The number of fused-ring (bicyclic) bond motifs is 1. The second-order valence-electron chi connectivity index (χ2n) is 6.21. The highest BCUT2D eigenvalue weighted by molar-refractivity contribution is 5.93. The van der Waals surface area contributed by atoms with Gasteiger partial charge in [0.15, 0.2) is 0 Å². The number of aromatic nitrogens is 1. The van der Waals surface area contributed by atoms with Crippen molar-refractivity contribution >= 4 is 17.0 Å². The number of carbonyl (C=O) groups is 1. The summed E-state index contributed by atoms with van der Waals surface area (Å²) in [5.74, 6) is 0. The highest BCUT2D eigenvalue weighted by Gasteiger charge is 2.22. The van der Waals surface area contributed by atoms with Gasteiger partial charge < -0.3 is 4.74 Å². The van der Waals surface area contributed by atoms with Crippen LogP contribution in [-0.2, 0) is 11.2 Å². The molecule has 0 saturated heterocycles. The normalized spacial score (nSPS) is 11.8. The lowest BCUT2D eigenvalue weighted by atomic mass is 10.1.